The van der Waals surface area contributed by atoms with Gasteiger partial charge in [0.2, 0.25) is 12.7 Å². The van der Waals surface area contributed by atoms with E-state index in [0.29, 0.717) is 23.5 Å². The Morgan fingerprint density at radius 1 is 1.26 bits per heavy atom. The van der Waals surface area contributed by atoms with Crippen LogP contribution in [0.3, 0.4) is 0 Å². The fourth-order valence-electron chi connectivity index (χ4n) is 1.78. The second-order valence-corrected chi connectivity index (χ2v) is 4.37. The summed E-state index contributed by atoms with van der Waals surface area (Å²) in [5.74, 6) is 0.991. The molecule has 0 saturated heterocycles. The van der Waals surface area contributed by atoms with Crippen LogP contribution in [0, 0.1) is 0 Å². The topological polar surface area (TPSA) is 64.6 Å². The normalized spacial score (nSPS) is 12.3. The van der Waals surface area contributed by atoms with Gasteiger partial charge in [0.1, 0.15) is 0 Å². The maximum absolute atomic E-state index is 11.9. The Bertz CT molecular complexity index is 484. The van der Waals surface area contributed by atoms with E-state index in [9.17, 15) is 9.59 Å². The molecule has 2 rings (SSSR count). The molecule has 1 aromatic carbocycles. The van der Waals surface area contributed by atoms with Crippen molar-refractivity contribution in [3.05, 3.63) is 23.8 Å². The lowest BCUT2D eigenvalue weighted by Gasteiger charge is -2.05. The Morgan fingerprint density at radius 3 is 2.84 bits per heavy atom. The van der Waals surface area contributed by atoms with Gasteiger partial charge in [0.05, 0.1) is 6.54 Å². The second kappa shape index (κ2) is 6.22. The molecule has 0 bridgehead atoms. The first-order chi connectivity index (χ1) is 9.20. The van der Waals surface area contributed by atoms with Gasteiger partial charge in [0.25, 0.3) is 0 Å². The van der Waals surface area contributed by atoms with Crippen LogP contribution in [0.25, 0.3) is 0 Å². The molecule has 0 aliphatic carbocycles. The summed E-state index contributed by atoms with van der Waals surface area (Å²) < 4.78 is 10.4. The van der Waals surface area contributed by atoms with Crippen molar-refractivity contribution in [2.24, 2.45) is 0 Å². The quantitative estimate of drug-likeness (QED) is 0.796. The van der Waals surface area contributed by atoms with Crippen molar-refractivity contribution >= 4 is 11.7 Å². The molecule has 0 radical (unpaired) electrons. The van der Waals surface area contributed by atoms with Gasteiger partial charge in [0, 0.05) is 12.0 Å². The number of ketones is 1. The Balaban J connectivity index is 1.88. The molecule has 1 heterocycles. The third-order valence-corrected chi connectivity index (χ3v) is 2.90. The molecule has 102 valence electrons. The van der Waals surface area contributed by atoms with Crippen molar-refractivity contribution in [1.29, 1.82) is 0 Å². The highest BCUT2D eigenvalue weighted by atomic mass is 16.7. The summed E-state index contributed by atoms with van der Waals surface area (Å²) >= 11 is 0. The van der Waals surface area contributed by atoms with E-state index in [-0.39, 0.29) is 25.0 Å². The fourth-order valence-corrected chi connectivity index (χ4v) is 1.78. The van der Waals surface area contributed by atoms with E-state index >= 15 is 0 Å². The Hall–Kier alpha value is -2.04. The minimum Gasteiger partial charge on any atom is -0.454 e. The van der Waals surface area contributed by atoms with Gasteiger partial charge in [-0.15, -0.1) is 0 Å². The molecule has 1 aliphatic heterocycles. The average molecular weight is 263 g/mol. The minimum absolute atomic E-state index is 0.0161. The summed E-state index contributed by atoms with van der Waals surface area (Å²) in [6.07, 6.45) is 2.26. The summed E-state index contributed by atoms with van der Waals surface area (Å²) in [5.41, 5.74) is 0.514. The number of rotatable bonds is 6. The number of hydrogen-bond acceptors (Lipinski definition) is 4. The number of carbonyl (C=O) groups is 2. The maximum Gasteiger partial charge on any atom is 0.231 e. The van der Waals surface area contributed by atoms with Gasteiger partial charge in [-0.1, -0.05) is 13.3 Å². The highest BCUT2D eigenvalue weighted by molar-refractivity contribution is 5.99. The number of unbranched alkanes of at least 4 members (excludes halogenated alkanes) is 1. The van der Waals surface area contributed by atoms with Crippen LogP contribution in [0.1, 0.15) is 36.5 Å². The number of Topliss-reactive ketones (excluding diaryl/α,β-unsaturated/α-hetero) is 1. The number of nitrogens with one attached hydrogen (secondary N) is 1. The standard InChI is InChI=1S/C14H17NO4/c1-2-3-4-14(17)15-8-11(16)10-5-6-12-13(7-10)19-9-18-12/h5-7H,2-4,8-9H2,1H3,(H,15,17). The largest absolute Gasteiger partial charge is 0.454 e. The molecule has 0 fully saturated rings. The molecule has 0 saturated carbocycles. The van der Waals surface area contributed by atoms with E-state index in [1.165, 1.54) is 0 Å². The smallest absolute Gasteiger partial charge is 0.231 e. The first-order valence-electron chi connectivity index (χ1n) is 6.40. The summed E-state index contributed by atoms with van der Waals surface area (Å²) in [7, 11) is 0. The predicted molar refractivity (Wildman–Crippen MR) is 69.4 cm³/mol. The summed E-state index contributed by atoms with van der Waals surface area (Å²) in [5, 5.41) is 2.62. The van der Waals surface area contributed by atoms with Gasteiger partial charge in [-0.25, -0.2) is 0 Å². The molecular formula is C14H17NO4. The fraction of sp³-hybridized carbons (Fsp3) is 0.429. The molecule has 1 amide bonds. The zero-order chi connectivity index (χ0) is 13.7. The van der Waals surface area contributed by atoms with Gasteiger partial charge in [-0.05, 0) is 24.6 Å². The third-order valence-electron chi connectivity index (χ3n) is 2.90. The second-order valence-electron chi connectivity index (χ2n) is 4.37. The number of ether oxygens (including phenoxy) is 2. The van der Waals surface area contributed by atoms with Crippen LogP contribution >= 0.6 is 0 Å². The molecule has 5 nitrogen and oxygen atoms in total. The first-order valence-corrected chi connectivity index (χ1v) is 6.40. The molecule has 5 heteroatoms. The van der Waals surface area contributed by atoms with Crippen LogP contribution in [-0.4, -0.2) is 25.0 Å². The number of carbonyl (C=O) groups excluding carboxylic acids is 2. The summed E-state index contributed by atoms with van der Waals surface area (Å²) in [6.45, 7) is 2.22. The van der Waals surface area contributed by atoms with E-state index in [4.69, 9.17) is 9.47 Å². The van der Waals surface area contributed by atoms with Crippen molar-refractivity contribution in [2.45, 2.75) is 26.2 Å². The number of fused-ring (bicyclic) bond motifs is 1. The van der Waals surface area contributed by atoms with E-state index < -0.39 is 0 Å². The number of hydrogen-bond donors (Lipinski definition) is 1. The van der Waals surface area contributed by atoms with Gasteiger partial charge < -0.3 is 14.8 Å². The molecule has 0 aromatic heterocycles. The van der Waals surface area contributed by atoms with E-state index in [0.717, 1.165) is 12.8 Å². The van der Waals surface area contributed by atoms with E-state index in [1.807, 2.05) is 6.92 Å². The van der Waals surface area contributed by atoms with E-state index in [2.05, 4.69) is 5.32 Å². The Labute approximate surface area is 111 Å². The van der Waals surface area contributed by atoms with Crippen LogP contribution < -0.4 is 14.8 Å². The molecule has 0 unspecified atom stereocenters. The predicted octanol–water partition coefficient (Wildman–Crippen LogP) is 1.90. The van der Waals surface area contributed by atoms with Crippen LogP contribution in [-0.2, 0) is 4.79 Å². The Morgan fingerprint density at radius 2 is 2.05 bits per heavy atom. The van der Waals surface area contributed by atoms with Crippen molar-refractivity contribution in [2.75, 3.05) is 13.3 Å². The lowest BCUT2D eigenvalue weighted by Crippen LogP contribution is -2.29. The zero-order valence-electron chi connectivity index (χ0n) is 10.9. The van der Waals surface area contributed by atoms with Gasteiger partial charge in [-0.2, -0.15) is 0 Å². The lowest BCUT2D eigenvalue weighted by atomic mass is 10.1. The van der Waals surface area contributed by atoms with Gasteiger partial charge in [0.15, 0.2) is 17.3 Å². The molecule has 1 N–H and O–H groups in total. The first kappa shape index (κ1) is 13.4. The molecule has 0 spiro atoms. The summed E-state index contributed by atoms with van der Waals surface area (Å²) in [6, 6.07) is 5.02. The average Bonchev–Trinajstić information content (AvgIpc) is 2.89. The van der Waals surface area contributed by atoms with Crippen LogP contribution in [0.4, 0.5) is 0 Å². The third kappa shape index (κ3) is 3.47. The van der Waals surface area contributed by atoms with Gasteiger partial charge in [-0.3, -0.25) is 9.59 Å². The number of benzene rings is 1. The summed E-state index contributed by atoms with van der Waals surface area (Å²) in [4.78, 5) is 23.3. The maximum atomic E-state index is 11.9. The SMILES string of the molecule is CCCCC(=O)NCC(=O)c1ccc2c(c1)OCO2. The zero-order valence-corrected chi connectivity index (χ0v) is 10.9. The molecule has 1 aromatic rings. The van der Waals surface area contributed by atoms with Crippen molar-refractivity contribution < 1.29 is 19.1 Å². The van der Waals surface area contributed by atoms with Crippen molar-refractivity contribution in [3.63, 3.8) is 0 Å². The van der Waals surface area contributed by atoms with Crippen molar-refractivity contribution in [1.82, 2.24) is 5.32 Å². The minimum atomic E-state index is -0.136. The van der Waals surface area contributed by atoms with E-state index in [1.54, 1.807) is 18.2 Å². The highest BCUT2D eigenvalue weighted by Crippen LogP contribution is 2.32. The Kier molecular flexibility index (Phi) is 4.39. The molecule has 0 atom stereocenters. The monoisotopic (exact) mass is 263 g/mol. The lowest BCUT2D eigenvalue weighted by molar-refractivity contribution is -0.121. The number of amides is 1. The molecular weight excluding hydrogens is 246 g/mol. The molecule has 19 heavy (non-hydrogen) atoms. The molecule has 1 aliphatic rings. The highest BCUT2D eigenvalue weighted by Gasteiger charge is 2.16. The van der Waals surface area contributed by atoms with Gasteiger partial charge >= 0.3 is 0 Å². The van der Waals surface area contributed by atoms with Crippen molar-refractivity contribution in [3.8, 4) is 11.5 Å². The van der Waals surface area contributed by atoms with Crippen LogP contribution in [0.2, 0.25) is 0 Å². The van der Waals surface area contributed by atoms with Crippen LogP contribution in [0.5, 0.6) is 11.5 Å². The van der Waals surface area contributed by atoms with Crippen LogP contribution in [0.15, 0.2) is 18.2 Å².